The lowest BCUT2D eigenvalue weighted by molar-refractivity contribution is 0.525. The van der Waals surface area contributed by atoms with E-state index < -0.39 is 0 Å². The number of rotatable bonds is 3. The fourth-order valence-electron chi connectivity index (χ4n) is 1.46. The largest absolute Gasteiger partial charge is 0.468 e. The summed E-state index contributed by atoms with van der Waals surface area (Å²) in [6, 6.07) is 0. The van der Waals surface area contributed by atoms with E-state index in [4.69, 9.17) is 8.83 Å². The summed E-state index contributed by atoms with van der Waals surface area (Å²) >= 11 is 0. The second-order valence-electron chi connectivity index (χ2n) is 3.77. The van der Waals surface area contributed by atoms with Gasteiger partial charge in [0.25, 0.3) is 0 Å². The first-order chi connectivity index (χ1) is 7.59. The first kappa shape index (κ1) is 11.7. The van der Waals surface area contributed by atoms with Crippen LogP contribution >= 0.6 is 21.6 Å². The molecule has 0 amide bonds. The third kappa shape index (κ3) is 2.18. The Hall–Kier alpha value is -0.740. The number of furan rings is 2. The SMILES string of the molecule is Cc1coc(C)c1SSc1c(C)coc1C. The minimum atomic E-state index is 0.980. The van der Waals surface area contributed by atoms with Gasteiger partial charge in [0.2, 0.25) is 0 Å². The Bertz CT molecular complexity index is 412. The minimum absolute atomic E-state index is 0.980. The summed E-state index contributed by atoms with van der Waals surface area (Å²) in [7, 11) is 3.46. The molecule has 0 aliphatic rings. The van der Waals surface area contributed by atoms with Crippen molar-refractivity contribution in [1.29, 1.82) is 0 Å². The van der Waals surface area contributed by atoms with Crippen molar-refractivity contribution >= 4 is 21.6 Å². The van der Waals surface area contributed by atoms with E-state index in [-0.39, 0.29) is 0 Å². The van der Waals surface area contributed by atoms with Gasteiger partial charge in [-0.2, -0.15) is 0 Å². The molecule has 0 aliphatic carbocycles. The van der Waals surface area contributed by atoms with Crippen molar-refractivity contribution in [1.82, 2.24) is 0 Å². The van der Waals surface area contributed by atoms with Gasteiger partial charge in [0.1, 0.15) is 11.5 Å². The molecule has 4 heteroatoms. The highest BCUT2D eigenvalue weighted by atomic mass is 33.1. The van der Waals surface area contributed by atoms with Gasteiger partial charge in [-0.15, -0.1) is 0 Å². The highest BCUT2D eigenvalue weighted by Gasteiger charge is 2.12. The van der Waals surface area contributed by atoms with Crippen molar-refractivity contribution in [2.24, 2.45) is 0 Å². The van der Waals surface area contributed by atoms with E-state index in [1.165, 1.54) is 20.9 Å². The van der Waals surface area contributed by atoms with Crippen LogP contribution in [-0.4, -0.2) is 0 Å². The summed E-state index contributed by atoms with van der Waals surface area (Å²) in [5.41, 5.74) is 2.38. The maximum Gasteiger partial charge on any atom is 0.115 e. The molecule has 2 aromatic rings. The van der Waals surface area contributed by atoms with Crippen molar-refractivity contribution in [2.75, 3.05) is 0 Å². The zero-order chi connectivity index (χ0) is 11.7. The molecule has 2 nitrogen and oxygen atoms in total. The summed E-state index contributed by atoms with van der Waals surface area (Å²) in [6.45, 7) is 8.11. The summed E-state index contributed by atoms with van der Waals surface area (Å²) in [5, 5.41) is 0. The monoisotopic (exact) mass is 254 g/mol. The van der Waals surface area contributed by atoms with E-state index in [0.717, 1.165) is 11.5 Å². The molecule has 0 unspecified atom stereocenters. The molecule has 2 heterocycles. The summed E-state index contributed by atoms with van der Waals surface area (Å²) < 4.78 is 10.7. The van der Waals surface area contributed by atoms with E-state index >= 15 is 0 Å². The Morgan fingerprint density at radius 3 is 1.38 bits per heavy atom. The van der Waals surface area contributed by atoms with Gasteiger partial charge >= 0.3 is 0 Å². The first-order valence-corrected chi connectivity index (χ1v) is 7.18. The quantitative estimate of drug-likeness (QED) is 0.727. The van der Waals surface area contributed by atoms with Crippen LogP contribution in [0.5, 0.6) is 0 Å². The molecule has 0 N–H and O–H groups in total. The molecule has 0 radical (unpaired) electrons. The van der Waals surface area contributed by atoms with Crippen LogP contribution in [-0.2, 0) is 0 Å². The second kappa shape index (κ2) is 4.63. The van der Waals surface area contributed by atoms with Gasteiger partial charge in [0.15, 0.2) is 0 Å². The lowest BCUT2D eigenvalue weighted by Gasteiger charge is -2.01. The first-order valence-electron chi connectivity index (χ1n) is 5.03. The van der Waals surface area contributed by atoms with Crippen molar-refractivity contribution in [3.8, 4) is 0 Å². The molecule has 0 bridgehead atoms. The molecule has 86 valence electrons. The lowest BCUT2D eigenvalue weighted by atomic mass is 10.3. The zero-order valence-corrected chi connectivity index (χ0v) is 11.4. The predicted molar refractivity (Wildman–Crippen MR) is 68.1 cm³/mol. The number of aryl methyl sites for hydroxylation is 4. The Labute approximate surface area is 103 Å². The molecule has 0 atom stereocenters. The third-order valence-electron chi connectivity index (χ3n) is 2.39. The van der Waals surface area contributed by atoms with E-state index in [0.29, 0.717) is 0 Å². The molecule has 0 saturated heterocycles. The van der Waals surface area contributed by atoms with Crippen LogP contribution in [0, 0.1) is 27.7 Å². The van der Waals surface area contributed by atoms with Crippen LogP contribution in [0.3, 0.4) is 0 Å². The number of hydrogen-bond donors (Lipinski definition) is 0. The van der Waals surface area contributed by atoms with Crippen LogP contribution in [0.4, 0.5) is 0 Å². The third-order valence-corrected chi connectivity index (χ3v) is 5.27. The summed E-state index contributed by atoms with van der Waals surface area (Å²) in [4.78, 5) is 2.43. The van der Waals surface area contributed by atoms with Gasteiger partial charge in [0.05, 0.1) is 22.3 Å². The zero-order valence-electron chi connectivity index (χ0n) is 9.79. The smallest absolute Gasteiger partial charge is 0.115 e. The van der Waals surface area contributed by atoms with Crippen molar-refractivity contribution in [3.05, 3.63) is 35.2 Å². The van der Waals surface area contributed by atoms with Gasteiger partial charge in [-0.25, -0.2) is 0 Å². The van der Waals surface area contributed by atoms with Crippen LogP contribution in [0.15, 0.2) is 31.2 Å². The molecule has 2 rings (SSSR count). The summed E-state index contributed by atoms with van der Waals surface area (Å²) in [6.07, 6.45) is 3.60. The van der Waals surface area contributed by atoms with Crippen LogP contribution in [0.1, 0.15) is 22.6 Å². The van der Waals surface area contributed by atoms with Crippen molar-refractivity contribution < 1.29 is 8.83 Å². The van der Waals surface area contributed by atoms with Gasteiger partial charge in [-0.05, 0) is 49.3 Å². The van der Waals surface area contributed by atoms with Crippen LogP contribution < -0.4 is 0 Å². The van der Waals surface area contributed by atoms with Gasteiger partial charge < -0.3 is 8.83 Å². The standard InChI is InChI=1S/C12H14O2S2/c1-7-5-13-9(3)11(7)15-16-12-8(2)6-14-10(12)4/h5-6H,1-4H3. The van der Waals surface area contributed by atoms with E-state index in [9.17, 15) is 0 Å². The van der Waals surface area contributed by atoms with E-state index in [2.05, 4.69) is 13.8 Å². The average Bonchev–Trinajstić information content (AvgIpc) is 2.72. The fourth-order valence-corrected chi connectivity index (χ4v) is 4.30. The average molecular weight is 254 g/mol. The van der Waals surface area contributed by atoms with Gasteiger partial charge in [-0.3, -0.25) is 0 Å². The van der Waals surface area contributed by atoms with E-state index in [1.807, 2.05) is 13.8 Å². The van der Waals surface area contributed by atoms with Gasteiger partial charge in [0, 0.05) is 11.1 Å². The molecule has 0 fully saturated rings. The Balaban J connectivity index is 2.14. The van der Waals surface area contributed by atoms with Crippen molar-refractivity contribution in [3.63, 3.8) is 0 Å². The van der Waals surface area contributed by atoms with Crippen LogP contribution in [0.2, 0.25) is 0 Å². The van der Waals surface area contributed by atoms with Gasteiger partial charge in [-0.1, -0.05) is 0 Å². The highest BCUT2D eigenvalue weighted by molar-refractivity contribution is 8.76. The fraction of sp³-hybridized carbons (Fsp3) is 0.333. The second-order valence-corrected chi connectivity index (χ2v) is 5.92. The molecule has 0 aromatic carbocycles. The highest BCUT2D eigenvalue weighted by Crippen LogP contribution is 2.43. The molecule has 0 aliphatic heterocycles. The molecular formula is C12H14O2S2. The van der Waals surface area contributed by atoms with Crippen molar-refractivity contribution in [2.45, 2.75) is 37.5 Å². The Morgan fingerprint density at radius 1 is 0.750 bits per heavy atom. The lowest BCUT2D eigenvalue weighted by Crippen LogP contribution is -1.75. The normalized spacial score (nSPS) is 11.0. The predicted octanol–water partition coefficient (Wildman–Crippen LogP) is 4.91. The molecule has 16 heavy (non-hydrogen) atoms. The maximum absolute atomic E-state index is 5.37. The van der Waals surface area contributed by atoms with Crippen LogP contribution in [0.25, 0.3) is 0 Å². The topological polar surface area (TPSA) is 26.3 Å². The maximum atomic E-state index is 5.37. The molecule has 0 spiro atoms. The number of hydrogen-bond acceptors (Lipinski definition) is 4. The molecule has 0 saturated carbocycles. The Morgan fingerprint density at radius 2 is 1.12 bits per heavy atom. The minimum Gasteiger partial charge on any atom is -0.468 e. The molecule has 2 aromatic heterocycles. The summed E-state index contributed by atoms with van der Waals surface area (Å²) in [5.74, 6) is 1.96. The van der Waals surface area contributed by atoms with E-state index in [1.54, 1.807) is 34.1 Å². The Kier molecular flexibility index (Phi) is 3.40. The molecular weight excluding hydrogens is 240 g/mol.